The number of hydrogen-bond donors (Lipinski definition) is 2. The fraction of sp³-hybridized carbons (Fsp3) is 0.917. The van der Waals surface area contributed by atoms with E-state index in [1.165, 1.54) is 19.3 Å². The highest BCUT2D eigenvalue weighted by molar-refractivity contribution is 5.74. The van der Waals surface area contributed by atoms with Crippen molar-refractivity contribution in [3.05, 3.63) is 0 Å². The zero-order valence-electron chi connectivity index (χ0n) is 9.41. The summed E-state index contributed by atoms with van der Waals surface area (Å²) in [4.78, 5) is 11.0. The second-order valence-electron chi connectivity index (χ2n) is 5.25. The largest absolute Gasteiger partial charge is 0.480 e. The van der Waals surface area contributed by atoms with Crippen LogP contribution in [0.15, 0.2) is 0 Å². The lowest BCUT2D eigenvalue weighted by Crippen LogP contribution is -2.44. The van der Waals surface area contributed by atoms with Crippen LogP contribution < -0.4 is 5.32 Å². The fourth-order valence-corrected chi connectivity index (χ4v) is 2.44. The Labute approximate surface area is 91.2 Å². The summed E-state index contributed by atoms with van der Waals surface area (Å²) in [7, 11) is 0. The topological polar surface area (TPSA) is 49.3 Å². The van der Waals surface area contributed by atoms with Crippen molar-refractivity contribution in [3.63, 3.8) is 0 Å². The van der Waals surface area contributed by atoms with Gasteiger partial charge in [0.2, 0.25) is 0 Å². The Bertz CT molecular complexity index is 234. The van der Waals surface area contributed by atoms with Crippen molar-refractivity contribution >= 4 is 5.97 Å². The van der Waals surface area contributed by atoms with Crippen molar-refractivity contribution in [2.24, 2.45) is 11.8 Å². The molecule has 86 valence electrons. The Balaban J connectivity index is 1.74. The molecule has 0 heterocycles. The standard InChI is InChI=1S/C12H21NO2/c1-8(7-9-3-2-4-9)13-11(12(14)15)10-5-6-10/h8-11,13H,2-7H2,1H3,(H,14,15). The molecular weight excluding hydrogens is 190 g/mol. The molecule has 2 fully saturated rings. The van der Waals surface area contributed by atoms with E-state index in [0.717, 1.165) is 25.2 Å². The van der Waals surface area contributed by atoms with Crippen LogP contribution >= 0.6 is 0 Å². The van der Waals surface area contributed by atoms with Gasteiger partial charge >= 0.3 is 5.97 Å². The minimum absolute atomic E-state index is 0.292. The fourth-order valence-electron chi connectivity index (χ4n) is 2.44. The number of carboxylic acids is 1. The lowest BCUT2D eigenvalue weighted by Gasteiger charge is -2.30. The highest BCUT2D eigenvalue weighted by Gasteiger charge is 2.37. The van der Waals surface area contributed by atoms with Gasteiger partial charge in [0.05, 0.1) is 0 Å². The number of carboxylic acid groups (broad SMARTS) is 1. The summed E-state index contributed by atoms with van der Waals surface area (Å²) < 4.78 is 0. The third-order valence-electron chi connectivity index (χ3n) is 3.74. The molecule has 2 atom stereocenters. The Hall–Kier alpha value is -0.570. The van der Waals surface area contributed by atoms with Crippen LogP contribution in [0.5, 0.6) is 0 Å². The maximum absolute atomic E-state index is 11.0. The van der Waals surface area contributed by atoms with Gasteiger partial charge in [-0.2, -0.15) is 0 Å². The predicted molar refractivity (Wildman–Crippen MR) is 58.7 cm³/mol. The SMILES string of the molecule is CC(CC1CCC1)NC(C(=O)O)C1CC1. The van der Waals surface area contributed by atoms with Crippen LogP contribution in [-0.4, -0.2) is 23.2 Å². The molecule has 0 spiro atoms. The van der Waals surface area contributed by atoms with Crippen LogP contribution in [0.1, 0.15) is 45.4 Å². The van der Waals surface area contributed by atoms with Crippen LogP contribution in [0, 0.1) is 11.8 Å². The molecule has 2 unspecified atom stereocenters. The first-order chi connectivity index (χ1) is 7.16. The minimum atomic E-state index is -0.669. The van der Waals surface area contributed by atoms with Crippen molar-refractivity contribution in [1.29, 1.82) is 0 Å². The molecule has 0 amide bonds. The van der Waals surface area contributed by atoms with Crippen LogP contribution in [0.4, 0.5) is 0 Å². The molecule has 2 saturated carbocycles. The Morgan fingerprint density at radius 2 is 2.07 bits per heavy atom. The molecule has 0 aromatic rings. The van der Waals surface area contributed by atoms with E-state index < -0.39 is 5.97 Å². The van der Waals surface area contributed by atoms with Gasteiger partial charge in [-0.05, 0) is 38.0 Å². The first kappa shape index (κ1) is 10.9. The summed E-state index contributed by atoms with van der Waals surface area (Å²) in [6.07, 6.45) is 7.36. The number of rotatable bonds is 6. The van der Waals surface area contributed by atoms with E-state index in [9.17, 15) is 4.79 Å². The van der Waals surface area contributed by atoms with E-state index in [0.29, 0.717) is 12.0 Å². The van der Waals surface area contributed by atoms with Gasteiger partial charge in [0.1, 0.15) is 6.04 Å². The summed E-state index contributed by atoms with van der Waals surface area (Å²) in [5.74, 6) is 0.574. The monoisotopic (exact) mass is 211 g/mol. The molecule has 0 aromatic heterocycles. The number of nitrogens with one attached hydrogen (secondary N) is 1. The van der Waals surface area contributed by atoms with E-state index in [1.807, 2.05) is 0 Å². The van der Waals surface area contributed by atoms with Crippen LogP contribution in [0.3, 0.4) is 0 Å². The number of carbonyl (C=O) groups is 1. The molecule has 0 aliphatic heterocycles. The van der Waals surface area contributed by atoms with E-state index >= 15 is 0 Å². The first-order valence-electron chi connectivity index (χ1n) is 6.15. The van der Waals surface area contributed by atoms with Crippen molar-refractivity contribution in [2.45, 2.75) is 57.5 Å². The minimum Gasteiger partial charge on any atom is -0.480 e. The maximum atomic E-state index is 11.0. The summed E-state index contributed by atoms with van der Waals surface area (Å²) in [5.41, 5.74) is 0. The third kappa shape index (κ3) is 2.94. The van der Waals surface area contributed by atoms with Gasteiger partial charge in [-0.15, -0.1) is 0 Å². The molecule has 3 nitrogen and oxygen atoms in total. The summed E-state index contributed by atoms with van der Waals surface area (Å²) >= 11 is 0. The van der Waals surface area contributed by atoms with E-state index in [1.54, 1.807) is 0 Å². The van der Waals surface area contributed by atoms with Gasteiger partial charge in [-0.25, -0.2) is 0 Å². The highest BCUT2D eigenvalue weighted by atomic mass is 16.4. The van der Waals surface area contributed by atoms with Crippen molar-refractivity contribution in [2.75, 3.05) is 0 Å². The van der Waals surface area contributed by atoms with Gasteiger partial charge in [0, 0.05) is 6.04 Å². The molecule has 0 aromatic carbocycles. The van der Waals surface area contributed by atoms with Gasteiger partial charge in [-0.3, -0.25) is 4.79 Å². The predicted octanol–water partition coefficient (Wildman–Crippen LogP) is 2.02. The summed E-state index contributed by atoms with van der Waals surface area (Å²) in [5, 5.41) is 12.4. The quantitative estimate of drug-likeness (QED) is 0.706. The molecule has 0 saturated heterocycles. The second kappa shape index (κ2) is 4.52. The van der Waals surface area contributed by atoms with Crippen LogP contribution in [0.25, 0.3) is 0 Å². The average Bonchev–Trinajstić information content (AvgIpc) is 2.90. The highest BCUT2D eigenvalue weighted by Crippen LogP contribution is 2.34. The molecule has 0 radical (unpaired) electrons. The molecule has 2 aliphatic carbocycles. The third-order valence-corrected chi connectivity index (χ3v) is 3.74. The Kier molecular flexibility index (Phi) is 3.29. The lowest BCUT2D eigenvalue weighted by molar-refractivity contribution is -0.140. The lowest BCUT2D eigenvalue weighted by atomic mass is 9.81. The molecule has 2 rings (SSSR count). The average molecular weight is 211 g/mol. The molecular formula is C12H21NO2. The zero-order valence-corrected chi connectivity index (χ0v) is 9.41. The normalized spacial score (nSPS) is 25.7. The molecule has 15 heavy (non-hydrogen) atoms. The van der Waals surface area contributed by atoms with Crippen molar-refractivity contribution in [1.82, 2.24) is 5.32 Å². The summed E-state index contributed by atoms with van der Waals surface area (Å²) in [6.45, 7) is 2.12. The Morgan fingerprint density at radius 3 is 2.47 bits per heavy atom. The van der Waals surface area contributed by atoms with Gasteiger partial charge in [0.25, 0.3) is 0 Å². The van der Waals surface area contributed by atoms with Gasteiger partial charge in [-0.1, -0.05) is 19.3 Å². The molecule has 0 bridgehead atoms. The second-order valence-corrected chi connectivity index (χ2v) is 5.25. The van der Waals surface area contributed by atoms with Crippen LogP contribution in [0.2, 0.25) is 0 Å². The van der Waals surface area contributed by atoms with Crippen LogP contribution in [-0.2, 0) is 4.79 Å². The number of hydrogen-bond acceptors (Lipinski definition) is 2. The van der Waals surface area contributed by atoms with Gasteiger partial charge < -0.3 is 10.4 Å². The smallest absolute Gasteiger partial charge is 0.320 e. The van der Waals surface area contributed by atoms with E-state index in [-0.39, 0.29) is 6.04 Å². The molecule has 2 aliphatic rings. The first-order valence-corrected chi connectivity index (χ1v) is 6.15. The number of aliphatic carboxylic acids is 1. The van der Waals surface area contributed by atoms with Gasteiger partial charge in [0.15, 0.2) is 0 Å². The van der Waals surface area contributed by atoms with Crippen molar-refractivity contribution in [3.8, 4) is 0 Å². The van der Waals surface area contributed by atoms with Crippen molar-refractivity contribution < 1.29 is 9.90 Å². The zero-order chi connectivity index (χ0) is 10.8. The summed E-state index contributed by atoms with van der Waals surface area (Å²) in [6, 6.07) is 0.0667. The maximum Gasteiger partial charge on any atom is 0.320 e. The van der Waals surface area contributed by atoms with E-state index in [2.05, 4.69) is 12.2 Å². The molecule has 2 N–H and O–H groups in total. The van der Waals surface area contributed by atoms with E-state index in [4.69, 9.17) is 5.11 Å². The Morgan fingerprint density at radius 1 is 1.40 bits per heavy atom. The molecule has 3 heteroatoms.